The molecule has 1 amide bonds. The fraction of sp³-hybridized carbons (Fsp3) is 0.923. The van der Waals surface area contributed by atoms with E-state index in [1.165, 1.54) is 32.4 Å². The third-order valence-corrected chi connectivity index (χ3v) is 3.55. The molecule has 1 aliphatic carbocycles. The Morgan fingerprint density at radius 2 is 2.12 bits per heavy atom. The number of carbonyl (C=O) groups excluding carboxylic acids is 1. The topological polar surface area (TPSA) is 44.4 Å². The molecule has 1 heterocycles. The molecule has 2 fully saturated rings. The van der Waals surface area contributed by atoms with Crippen molar-refractivity contribution in [1.82, 2.24) is 15.5 Å². The average Bonchev–Trinajstić information content (AvgIpc) is 2.99. The van der Waals surface area contributed by atoms with E-state index in [-0.39, 0.29) is 11.9 Å². The van der Waals surface area contributed by atoms with Gasteiger partial charge in [-0.3, -0.25) is 4.79 Å². The molecule has 0 spiro atoms. The molecule has 2 aliphatic rings. The number of amides is 1. The van der Waals surface area contributed by atoms with Gasteiger partial charge in [-0.1, -0.05) is 0 Å². The molecular formula is C13H25N3O. The molecule has 2 N–H and O–H groups in total. The summed E-state index contributed by atoms with van der Waals surface area (Å²) in [5, 5.41) is 6.17. The summed E-state index contributed by atoms with van der Waals surface area (Å²) in [5.41, 5.74) is 0. The molecule has 0 bridgehead atoms. The van der Waals surface area contributed by atoms with E-state index >= 15 is 0 Å². The second-order valence-corrected chi connectivity index (χ2v) is 5.73. The minimum atomic E-state index is 0.108. The van der Waals surface area contributed by atoms with E-state index in [0.717, 1.165) is 18.5 Å². The number of hydrogen-bond donors (Lipinski definition) is 2. The second kappa shape index (κ2) is 5.83. The lowest BCUT2D eigenvalue weighted by Crippen LogP contribution is -2.39. The lowest BCUT2D eigenvalue weighted by molar-refractivity contribution is -0.120. The summed E-state index contributed by atoms with van der Waals surface area (Å²) in [6, 6.07) is 1.13. The summed E-state index contributed by atoms with van der Waals surface area (Å²) in [5.74, 6) is 0.847. The van der Waals surface area contributed by atoms with E-state index in [1.54, 1.807) is 0 Å². The highest BCUT2D eigenvalue weighted by Gasteiger charge is 2.33. The van der Waals surface area contributed by atoms with Gasteiger partial charge in [0.25, 0.3) is 0 Å². The Bertz CT molecular complexity index is 263. The minimum absolute atomic E-state index is 0.108. The Kier molecular flexibility index (Phi) is 4.40. The Morgan fingerprint density at radius 3 is 2.76 bits per heavy atom. The number of carbonyl (C=O) groups is 1. The molecule has 0 aromatic rings. The molecule has 1 saturated carbocycles. The zero-order valence-corrected chi connectivity index (χ0v) is 11.0. The van der Waals surface area contributed by atoms with Crippen LogP contribution < -0.4 is 10.6 Å². The number of likely N-dealkylation sites (tertiary alicyclic amines) is 1. The van der Waals surface area contributed by atoms with Crippen LogP contribution in [-0.2, 0) is 4.79 Å². The Morgan fingerprint density at radius 1 is 1.35 bits per heavy atom. The first kappa shape index (κ1) is 12.8. The van der Waals surface area contributed by atoms with E-state index in [2.05, 4.69) is 15.5 Å². The molecule has 1 unspecified atom stereocenters. The molecule has 0 aromatic carbocycles. The van der Waals surface area contributed by atoms with Crippen molar-refractivity contribution in [2.45, 2.75) is 45.2 Å². The summed E-state index contributed by atoms with van der Waals surface area (Å²) in [6.07, 6.45) is 4.09. The van der Waals surface area contributed by atoms with Crippen molar-refractivity contribution in [1.29, 1.82) is 0 Å². The third-order valence-electron chi connectivity index (χ3n) is 3.55. The molecule has 17 heavy (non-hydrogen) atoms. The summed E-state index contributed by atoms with van der Waals surface area (Å²) >= 11 is 0. The Balaban J connectivity index is 1.55. The first-order valence-electron chi connectivity index (χ1n) is 6.89. The standard InChI is InChI=1S/C13H25N3O/c1-10(2)15-13(17)8-14-7-11-5-6-16(9-11)12-3-4-12/h10-12,14H,3-9H2,1-2H3,(H,15,17). The van der Waals surface area contributed by atoms with Gasteiger partial charge in [0.15, 0.2) is 0 Å². The summed E-state index contributed by atoms with van der Waals surface area (Å²) in [6.45, 7) is 7.90. The molecule has 0 aromatic heterocycles. The van der Waals surface area contributed by atoms with Gasteiger partial charge in [-0.05, 0) is 52.1 Å². The minimum Gasteiger partial charge on any atom is -0.353 e. The average molecular weight is 239 g/mol. The maximum absolute atomic E-state index is 11.4. The van der Waals surface area contributed by atoms with Crippen LogP contribution in [-0.4, -0.2) is 49.1 Å². The van der Waals surface area contributed by atoms with Gasteiger partial charge in [0.05, 0.1) is 6.54 Å². The van der Waals surface area contributed by atoms with Gasteiger partial charge in [0.1, 0.15) is 0 Å². The highest BCUT2D eigenvalue weighted by molar-refractivity contribution is 5.78. The molecular weight excluding hydrogens is 214 g/mol. The first-order chi connectivity index (χ1) is 8.15. The fourth-order valence-electron chi connectivity index (χ4n) is 2.56. The zero-order chi connectivity index (χ0) is 12.3. The van der Waals surface area contributed by atoms with Crippen LogP contribution in [0.2, 0.25) is 0 Å². The van der Waals surface area contributed by atoms with Crippen molar-refractivity contribution in [3.8, 4) is 0 Å². The van der Waals surface area contributed by atoms with Crippen LogP contribution >= 0.6 is 0 Å². The summed E-state index contributed by atoms with van der Waals surface area (Å²) in [4.78, 5) is 14.0. The molecule has 4 heteroatoms. The predicted molar refractivity (Wildman–Crippen MR) is 68.9 cm³/mol. The lowest BCUT2D eigenvalue weighted by atomic mass is 10.1. The van der Waals surface area contributed by atoms with Crippen LogP contribution in [0.1, 0.15) is 33.1 Å². The van der Waals surface area contributed by atoms with E-state index in [9.17, 15) is 4.79 Å². The van der Waals surface area contributed by atoms with Gasteiger partial charge < -0.3 is 15.5 Å². The maximum Gasteiger partial charge on any atom is 0.234 e. The summed E-state index contributed by atoms with van der Waals surface area (Å²) in [7, 11) is 0. The number of nitrogens with zero attached hydrogens (tertiary/aromatic N) is 1. The van der Waals surface area contributed by atoms with Gasteiger partial charge in [0, 0.05) is 18.6 Å². The van der Waals surface area contributed by atoms with Crippen LogP contribution in [0.4, 0.5) is 0 Å². The van der Waals surface area contributed by atoms with Crippen LogP contribution in [0.5, 0.6) is 0 Å². The number of nitrogens with one attached hydrogen (secondary N) is 2. The second-order valence-electron chi connectivity index (χ2n) is 5.73. The van der Waals surface area contributed by atoms with Crippen LogP contribution in [0.15, 0.2) is 0 Å². The number of hydrogen-bond acceptors (Lipinski definition) is 3. The molecule has 2 rings (SSSR count). The van der Waals surface area contributed by atoms with Gasteiger partial charge in [0.2, 0.25) is 5.91 Å². The molecule has 1 saturated heterocycles. The van der Waals surface area contributed by atoms with Crippen molar-refractivity contribution < 1.29 is 4.79 Å². The summed E-state index contributed by atoms with van der Waals surface area (Å²) < 4.78 is 0. The van der Waals surface area contributed by atoms with Gasteiger partial charge in [-0.15, -0.1) is 0 Å². The highest BCUT2D eigenvalue weighted by atomic mass is 16.1. The monoisotopic (exact) mass is 239 g/mol. The number of rotatable bonds is 6. The van der Waals surface area contributed by atoms with Gasteiger partial charge in [-0.2, -0.15) is 0 Å². The van der Waals surface area contributed by atoms with Crippen molar-refractivity contribution in [2.75, 3.05) is 26.2 Å². The Hall–Kier alpha value is -0.610. The molecule has 1 atom stereocenters. The predicted octanol–water partition coefficient (Wildman–Crippen LogP) is 0.585. The van der Waals surface area contributed by atoms with Crippen LogP contribution in [0.3, 0.4) is 0 Å². The SMILES string of the molecule is CC(C)NC(=O)CNCC1CCN(C2CC2)C1. The van der Waals surface area contributed by atoms with E-state index < -0.39 is 0 Å². The third kappa shape index (κ3) is 4.28. The fourth-order valence-corrected chi connectivity index (χ4v) is 2.56. The van der Waals surface area contributed by atoms with Crippen molar-refractivity contribution in [3.63, 3.8) is 0 Å². The zero-order valence-electron chi connectivity index (χ0n) is 11.0. The molecule has 0 radical (unpaired) electrons. The van der Waals surface area contributed by atoms with E-state index in [4.69, 9.17) is 0 Å². The maximum atomic E-state index is 11.4. The van der Waals surface area contributed by atoms with Gasteiger partial charge >= 0.3 is 0 Å². The van der Waals surface area contributed by atoms with Crippen molar-refractivity contribution >= 4 is 5.91 Å². The molecule has 4 nitrogen and oxygen atoms in total. The van der Waals surface area contributed by atoms with E-state index in [1.807, 2.05) is 13.8 Å². The normalized spacial score (nSPS) is 25.5. The van der Waals surface area contributed by atoms with Gasteiger partial charge in [-0.25, -0.2) is 0 Å². The van der Waals surface area contributed by atoms with Crippen molar-refractivity contribution in [2.24, 2.45) is 5.92 Å². The molecule has 98 valence electrons. The highest BCUT2D eigenvalue weighted by Crippen LogP contribution is 2.31. The van der Waals surface area contributed by atoms with Crippen LogP contribution in [0.25, 0.3) is 0 Å². The quantitative estimate of drug-likeness (QED) is 0.713. The lowest BCUT2D eigenvalue weighted by Gasteiger charge is -2.15. The van der Waals surface area contributed by atoms with Crippen molar-refractivity contribution in [3.05, 3.63) is 0 Å². The Labute approximate surface area is 104 Å². The smallest absolute Gasteiger partial charge is 0.234 e. The van der Waals surface area contributed by atoms with E-state index in [0.29, 0.717) is 6.54 Å². The van der Waals surface area contributed by atoms with Crippen LogP contribution in [0, 0.1) is 5.92 Å². The first-order valence-corrected chi connectivity index (χ1v) is 6.89. The largest absolute Gasteiger partial charge is 0.353 e. The molecule has 1 aliphatic heterocycles.